The summed E-state index contributed by atoms with van der Waals surface area (Å²) in [7, 11) is 0. The highest BCUT2D eigenvalue weighted by atomic mass is 19.1. The van der Waals surface area contributed by atoms with Crippen LogP contribution in [0.1, 0.15) is 20.8 Å². The molecule has 0 aliphatic rings. The third-order valence-corrected chi connectivity index (χ3v) is 2.14. The van der Waals surface area contributed by atoms with Crippen molar-refractivity contribution in [1.82, 2.24) is 15.2 Å². The Balaban J connectivity index is 2.15. The summed E-state index contributed by atoms with van der Waals surface area (Å²) in [6, 6.07) is 6.09. The van der Waals surface area contributed by atoms with Crippen LogP contribution in [0.25, 0.3) is 0 Å². The molecule has 19 heavy (non-hydrogen) atoms. The Morgan fingerprint density at radius 2 is 2.00 bits per heavy atom. The smallest absolute Gasteiger partial charge is 0.249 e. The van der Waals surface area contributed by atoms with E-state index in [2.05, 4.69) is 25.8 Å². The second-order valence-electron chi connectivity index (χ2n) is 5.18. The van der Waals surface area contributed by atoms with Crippen LogP contribution < -0.4 is 10.6 Å². The number of halogens is 1. The van der Waals surface area contributed by atoms with Gasteiger partial charge in [-0.25, -0.2) is 4.39 Å². The van der Waals surface area contributed by atoms with Gasteiger partial charge in [0.25, 0.3) is 0 Å². The predicted octanol–water partition coefficient (Wildman–Crippen LogP) is 2.96. The Labute approximate surface area is 111 Å². The fourth-order valence-electron chi connectivity index (χ4n) is 1.50. The maximum absolute atomic E-state index is 13.1. The monoisotopic (exact) mass is 261 g/mol. The van der Waals surface area contributed by atoms with Crippen molar-refractivity contribution in [3.05, 3.63) is 36.3 Å². The summed E-state index contributed by atoms with van der Waals surface area (Å²) < 4.78 is 13.1. The van der Waals surface area contributed by atoms with Gasteiger partial charge in [0.2, 0.25) is 5.95 Å². The van der Waals surface area contributed by atoms with E-state index in [4.69, 9.17) is 0 Å². The fraction of sp³-hybridized carbons (Fsp3) is 0.308. The quantitative estimate of drug-likeness (QED) is 0.889. The van der Waals surface area contributed by atoms with Gasteiger partial charge in [-0.05, 0) is 39.0 Å². The molecule has 0 spiro atoms. The van der Waals surface area contributed by atoms with Gasteiger partial charge in [-0.3, -0.25) is 0 Å². The molecular formula is C13H16FN5. The van der Waals surface area contributed by atoms with Crippen molar-refractivity contribution in [2.24, 2.45) is 0 Å². The number of hydrogen-bond donors (Lipinski definition) is 2. The average molecular weight is 261 g/mol. The zero-order chi connectivity index (χ0) is 13.9. The lowest BCUT2D eigenvalue weighted by atomic mass is 10.1. The molecule has 0 bridgehead atoms. The number of hydrogen-bond acceptors (Lipinski definition) is 5. The topological polar surface area (TPSA) is 62.7 Å². The summed E-state index contributed by atoms with van der Waals surface area (Å²) in [4.78, 5) is 4.26. The van der Waals surface area contributed by atoms with Crippen LogP contribution in [0.4, 0.5) is 21.8 Å². The van der Waals surface area contributed by atoms with Crippen molar-refractivity contribution in [1.29, 1.82) is 0 Å². The van der Waals surface area contributed by atoms with E-state index in [1.165, 1.54) is 12.1 Å². The van der Waals surface area contributed by atoms with Crippen LogP contribution in [0.15, 0.2) is 30.5 Å². The SMILES string of the molecule is CC(C)(C)Nc1cnnc(Nc2cccc(F)c2)n1. The number of nitrogens with zero attached hydrogens (tertiary/aromatic N) is 3. The lowest BCUT2D eigenvalue weighted by molar-refractivity contribution is 0.628. The van der Waals surface area contributed by atoms with E-state index in [1.807, 2.05) is 20.8 Å². The predicted molar refractivity (Wildman–Crippen MR) is 72.9 cm³/mol. The molecule has 1 heterocycles. The molecule has 0 fully saturated rings. The second kappa shape index (κ2) is 5.17. The molecule has 2 aromatic rings. The third kappa shape index (κ3) is 4.17. The summed E-state index contributed by atoms with van der Waals surface area (Å²) in [5.41, 5.74) is 0.460. The van der Waals surface area contributed by atoms with Crippen LogP contribution in [-0.2, 0) is 0 Å². The molecule has 5 nitrogen and oxygen atoms in total. The normalized spacial score (nSPS) is 11.2. The lowest BCUT2D eigenvalue weighted by Gasteiger charge is -2.20. The van der Waals surface area contributed by atoms with Crippen LogP contribution >= 0.6 is 0 Å². The minimum atomic E-state index is -0.318. The average Bonchev–Trinajstić information content (AvgIpc) is 2.27. The van der Waals surface area contributed by atoms with Crippen molar-refractivity contribution in [3.8, 4) is 0 Å². The number of nitrogens with one attached hydrogen (secondary N) is 2. The van der Waals surface area contributed by atoms with Crippen LogP contribution in [-0.4, -0.2) is 20.7 Å². The highest BCUT2D eigenvalue weighted by molar-refractivity contribution is 5.54. The molecule has 6 heteroatoms. The molecule has 0 amide bonds. The van der Waals surface area contributed by atoms with Gasteiger partial charge in [0.15, 0.2) is 5.82 Å². The summed E-state index contributed by atoms with van der Waals surface area (Å²) >= 11 is 0. The maximum Gasteiger partial charge on any atom is 0.249 e. The van der Waals surface area contributed by atoms with Gasteiger partial charge in [0, 0.05) is 11.2 Å². The van der Waals surface area contributed by atoms with Gasteiger partial charge in [0.05, 0.1) is 6.20 Å². The van der Waals surface area contributed by atoms with E-state index < -0.39 is 0 Å². The molecule has 2 rings (SSSR count). The Kier molecular flexibility index (Phi) is 3.59. The highest BCUT2D eigenvalue weighted by Gasteiger charge is 2.11. The number of benzene rings is 1. The van der Waals surface area contributed by atoms with Crippen LogP contribution in [0.3, 0.4) is 0 Å². The summed E-state index contributed by atoms with van der Waals surface area (Å²) in [5.74, 6) is 0.614. The van der Waals surface area contributed by atoms with Gasteiger partial charge in [-0.15, -0.1) is 5.10 Å². The van der Waals surface area contributed by atoms with Crippen molar-refractivity contribution < 1.29 is 4.39 Å². The fourth-order valence-corrected chi connectivity index (χ4v) is 1.50. The van der Waals surface area contributed by atoms with Gasteiger partial charge in [-0.1, -0.05) is 6.07 Å². The van der Waals surface area contributed by atoms with E-state index in [-0.39, 0.29) is 11.4 Å². The van der Waals surface area contributed by atoms with Crippen molar-refractivity contribution >= 4 is 17.5 Å². The molecule has 1 aromatic carbocycles. The second-order valence-corrected chi connectivity index (χ2v) is 5.18. The number of aromatic nitrogens is 3. The first-order valence-electron chi connectivity index (χ1n) is 5.93. The van der Waals surface area contributed by atoms with E-state index >= 15 is 0 Å². The van der Waals surface area contributed by atoms with Crippen molar-refractivity contribution in [2.45, 2.75) is 26.3 Å². The minimum Gasteiger partial charge on any atom is -0.364 e. The molecule has 0 radical (unpaired) electrons. The van der Waals surface area contributed by atoms with Gasteiger partial charge in [-0.2, -0.15) is 10.1 Å². The molecule has 0 saturated carbocycles. The Morgan fingerprint density at radius 1 is 1.21 bits per heavy atom. The first-order valence-corrected chi connectivity index (χ1v) is 5.93. The Hall–Kier alpha value is -2.24. The minimum absolute atomic E-state index is 0.119. The number of anilines is 3. The molecule has 0 aliphatic heterocycles. The van der Waals surface area contributed by atoms with Crippen molar-refractivity contribution in [2.75, 3.05) is 10.6 Å². The molecule has 100 valence electrons. The Morgan fingerprint density at radius 3 is 2.68 bits per heavy atom. The number of rotatable bonds is 3. The van der Waals surface area contributed by atoms with E-state index in [0.29, 0.717) is 17.5 Å². The zero-order valence-corrected chi connectivity index (χ0v) is 11.1. The third-order valence-electron chi connectivity index (χ3n) is 2.14. The summed E-state index contributed by atoms with van der Waals surface area (Å²) in [6.45, 7) is 6.07. The van der Waals surface area contributed by atoms with Crippen LogP contribution in [0.5, 0.6) is 0 Å². The lowest BCUT2D eigenvalue weighted by Crippen LogP contribution is -2.27. The molecule has 0 saturated heterocycles. The van der Waals surface area contributed by atoms with E-state index in [9.17, 15) is 4.39 Å². The molecule has 2 N–H and O–H groups in total. The maximum atomic E-state index is 13.1. The highest BCUT2D eigenvalue weighted by Crippen LogP contribution is 2.16. The molecular weight excluding hydrogens is 245 g/mol. The Bertz CT molecular complexity index is 565. The van der Waals surface area contributed by atoms with Gasteiger partial charge in [0.1, 0.15) is 5.82 Å². The van der Waals surface area contributed by atoms with Crippen LogP contribution in [0, 0.1) is 5.82 Å². The largest absolute Gasteiger partial charge is 0.364 e. The van der Waals surface area contributed by atoms with E-state index in [0.717, 1.165) is 0 Å². The van der Waals surface area contributed by atoms with E-state index in [1.54, 1.807) is 18.3 Å². The van der Waals surface area contributed by atoms with Crippen LogP contribution in [0.2, 0.25) is 0 Å². The first-order chi connectivity index (χ1) is 8.92. The first kappa shape index (κ1) is 13.2. The molecule has 0 atom stereocenters. The standard InChI is InChI=1S/C13H16FN5/c1-13(2,3)18-11-8-15-19-12(17-11)16-10-6-4-5-9(14)7-10/h4-8H,1-3H3,(H2,16,17,18,19). The van der Waals surface area contributed by atoms with Gasteiger partial charge >= 0.3 is 0 Å². The summed E-state index contributed by atoms with van der Waals surface area (Å²) in [5, 5.41) is 13.8. The molecule has 0 aliphatic carbocycles. The van der Waals surface area contributed by atoms with Crippen molar-refractivity contribution in [3.63, 3.8) is 0 Å². The molecule has 1 aromatic heterocycles. The summed E-state index contributed by atoms with van der Waals surface area (Å²) in [6.07, 6.45) is 1.54. The molecule has 0 unspecified atom stereocenters. The zero-order valence-electron chi connectivity index (χ0n) is 11.1. The van der Waals surface area contributed by atoms with Gasteiger partial charge < -0.3 is 10.6 Å².